The lowest BCUT2D eigenvalue weighted by Gasteiger charge is -2.27. The minimum absolute atomic E-state index is 0.0337. The summed E-state index contributed by atoms with van der Waals surface area (Å²) in [7, 11) is 0. The fraction of sp³-hybridized carbons (Fsp3) is 0.500. The third kappa shape index (κ3) is 2.75. The van der Waals surface area contributed by atoms with Crippen LogP contribution in [0.3, 0.4) is 0 Å². The van der Waals surface area contributed by atoms with Gasteiger partial charge in [-0.25, -0.2) is 13.5 Å². The van der Waals surface area contributed by atoms with E-state index in [-0.39, 0.29) is 6.04 Å². The maximum atomic E-state index is 13.9. The molecule has 1 atom stereocenters. The SMILES string of the molecule is CCn1nnc(C)c1CN[C@H]1CCCc2c(F)cc(F)cc21. The van der Waals surface area contributed by atoms with Gasteiger partial charge in [0.25, 0.3) is 0 Å². The summed E-state index contributed by atoms with van der Waals surface area (Å²) in [5.41, 5.74) is 3.29. The lowest BCUT2D eigenvalue weighted by Crippen LogP contribution is -2.27. The van der Waals surface area contributed by atoms with Crippen molar-refractivity contribution < 1.29 is 8.78 Å². The van der Waals surface area contributed by atoms with E-state index in [9.17, 15) is 8.78 Å². The Balaban J connectivity index is 1.82. The van der Waals surface area contributed by atoms with Crippen LogP contribution in [0.1, 0.15) is 48.3 Å². The lowest BCUT2D eigenvalue weighted by molar-refractivity contribution is 0.432. The van der Waals surface area contributed by atoms with Crippen molar-refractivity contribution in [1.29, 1.82) is 0 Å². The van der Waals surface area contributed by atoms with Crippen molar-refractivity contribution in [3.8, 4) is 0 Å². The van der Waals surface area contributed by atoms with Crippen molar-refractivity contribution in [2.75, 3.05) is 0 Å². The molecule has 0 amide bonds. The Morgan fingerprint density at radius 1 is 1.36 bits per heavy atom. The molecular formula is C16H20F2N4. The summed E-state index contributed by atoms with van der Waals surface area (Å²) in [6.07, 6.45) is 2.45. The van der Waals surface area contributed by atoms with Crippen molar-refractivity contribution in [2.45, 2.75) is 52.2 Å². The van der Waals surface area contributed by atoms with Gasteiger partial charge >= 0.3 is 0 Å². The molecule has 0 aliphatic heterocycles. The third-order valence-corrected chi connectivity index (χ3v) is 4.34. The fourth-order valence-electron chi connectivity index (χ4n) is 3.16. The standard InChI is InChI=1S/C16H20F2N4/c1-3-22-16(10(2)20-21-22)9-19-15-6-4-5-12-13(15)7-11(17)8-14(12)18/h7-8,15,19H,3-6,9H2,1-2H3/t15-/m0/s1. The van der Waals surface area contributed by atoms with Gasteiger partial charge in [0.2, 0.25) is 0 Å². The minimum atomic E-state index is -0.513. The molecule has 1 aliphatic rings. The van der Waals surface area contributed by atoms with E-state index in [2.05, 4.69) is 15.6 Å². The Hall–Kier alpha value is -1.82. The summed E-state index contributed by atoms with van der Waals surface area (Å²) in [4.78, 5) is 0. The van der Waals surface area contributed by atoms with Gasteiger partial charge in [0.05, 0.1) is 11.4 Å². The molecule has 1 N–H and O–H groups in total. The zero-order valence-corrected chi connectivity index (χ0v) is 12.9. The Bertz CT molecular complexity index is 681. The van der Waals surface area contributed by atoms with Crippen molar-refractivity contribution in [3.63, 3.8) is 0 Å². The highest BCUT2D eigenvalue weighted by Gasteiger charge is 2.24. The van der Waals surface area contributed by atoms with Crippen LogP contribution in [0.25, 0.3) is 0 Å². The first-order chi connectivity index (χ1) is 10.6. The van der Waals surface area contributed by atoms with Crippen LogP contribution < -0.4 is 5.32 Å². The van der Waals surface area contributed by atoms with Gasteiger partial charge in [0, 0.05) is 25.2 Å². The highest BCUT2D eigenvalue weighted by molar-refractivity contribution is 5.34. The summed E-state index contributed by atoms with van der Waals surface area (Å²) in [5, 5.41) is 11.6. The van der Waals surface area contributed by atoms with Gasteiger partial charge in [0.15, 0.2) is 0 Å². The molecule has 6 heteroatoms. The minimum Gasteiger partial charge on any atom is -0.304 e. The molecule has 1 heterocycles. The number of halogens is 2. The summed E-state index contributed by atoms with van der Waals surface area (Å²) < 4.78 is 29.3. The zero-order valence-electron chi connectivity index (χ0n) is 12.9. The molecule has 1 aromatic carbocycles. The second-order valence-electron chi connectivity index (χ2n) is 5.72. The molecule has 0 radical (unpaired) electrons. The predicted octanol–water partition coefficient (Wildman–Crippen LogP) is 3.05. The van der Waals surface area contributed by atoms with Crippen LogP contribution in [0.15, 0.2) is 12.1 Å². The zero-order chi connectivity index (χ0) is 15.7. The largest absolute Gasteiger partial charge is 0.304 e. The molecule has 0 saturated heterocycles. The second-order valence-corrected chi connectivity index (χ2v) is 5.72. The maximum Gasteiger partial charge on any atom is 0.129 e. The monoisotopic (exact) mass is 306 g/mol. The van der Waals surface area contributed by atoms with Gasteiger partial charge in [-0.05, 0) is 50.3 Å². The van der Waals surface area contributed by atoms with Crippen LogP contribution in [0.2, 0.25) is 0 Å². The van der Waals surface area contributed by atoms with E-state index in [1.165, 1.54) is 6.07 Å². The molecule has 1 aromatic heterocycles. The van der Waals surface area contributed by atoms with Crippen LogP contribution in [0.4, 0.5) is 8.78 Å². The smallest absolute Gasteiger partial charge is 0.129 e. The Morgan fingerprint density at radius 3 is 2.95 bits per heavy atom. The molecule has 1 aliphatic carbocycles. The first kappa shape index (κ1) is 15.1. The maximum absolute atomic E-state index is 13.9. The van der Waals surface area contributed by atoms with E-state index in [4.69, 9.17) is 0 Å². The molecule has 0 spiro atoms. The number of aryl methyl sites for hydroxylation is 2. The van der Waals surface area contributed by atoms with E-state index in [0.29, 0.717) is 18.5 Å². The van der Waals surface area contributed by atoms with Crippen LogP contribution >= 0.6 is 0 Å². The first-order valence-electron chi connectivity index (χ1n) is 7.70. The van der Waals surface area contributed by atoms with E-state index in [1.54, 1.807) is 0 Å². The number of hydrogen-bond acceptors (Lipinski definition) is 3. The highest BCUT2D eigenvalue weighted by Crippen LogP contribution is 2.32. The topological polar surface area (TPSA) is 42.7 Å². The Kier molecular flexibility index (Phi) is 4.20. The molecule has 118 valence electrons. The molecular weight excluding hydrogens is 286 g/mol. The van der Waals surface area contributed by atoms with Gasteiger partial charge in [-0.2, -0.15) is 0 Å². The van der Waals surface area contributed by atoms with Gasteiger partial charge in [-0.15, -0.1) is 5.10 Å². The van der Waals surface area contributed by atoms with Gasteiger partial charge in [-0.3, -0.25) is 0 Å². The normalized spacial score (nSPS) is 17.5. The molecule has 0 bridgehead atoms. The molecule has 0 saturated carbocycles. The average Bonchev–Trinajstić information content (AvgIpc) is 2.85. The van der Waals surface area contributed by atoms with Crippen molar-refractivity contribution in [3.05, 3.63) is 46.3 Å². The van der Waals surface area contributed by atoms with E-state index >= 15 is 0 Å². The van der Waals surface area contributed by atoms with E-state index in [0.717, 1.165) is 42.4 Å². The summed E-state index contributed by atoms with van der Waals surface area (Å²) in [6, 6.07) is 2.40. The number of hydrogen-bond donors (Lipinski definition) is 1. The number of rotatable bonds is 4. The van der Waals surface area contributed by atoms with Gasteiger partial charge < -0.3 is 5.32 Å². The summed E-state index contributed by atoms with van der Waals surface area (Å²) >= 11 is 0. The molecule has 3 rings (SSSR count). The highest BCUT2D eigenvalue weighted by atomic mass is 19.1. The molecule has 0 fully saturated rings. The summed E-state index contributed by atoms with van der Waals surface area (Å²) in [6.45, 7) is 5.28. The lowest BCUT2D eigenvalue weighted by atomic mass is 9.87. The van der Waals surface area contributed by atoms with Crippen molar-refractivity contribution in [1.82, 2.24) is 20.3 Å². The van der Waals surface area contributed by atoms with Crippen LogP contribution in [0.5, 0.6) is 0 Å². The number of aromatic nitrogens is 3. The van der Waals surface area contributed by atoms with Crippen LogP contribution in [0, 0.1) is 18.6 Å². The third-order valence-electron chi connectivity index (χ3n) is 4.34. The van der Waals surface area contributed by atoms with Crippen molar-refractivity contribution >= 4 is 0 Å². The van der Waals surface area contributed by atoms with Crippen molar-refractivity contribution in [2.24, 2.45) is 0 Å². The average molecular weight is 306 g/mol. The predicted molar refractivity (Wildman–Crippen MR) is 79.3 cm³/mol. The quantitative estimate of drug-likeness (QED) is 0.944. The molecule has 0 unspecified atom stereocenters. The molecule has 22 heavy (non-hydrogen) atoms. The van der Waals surface area contributed by atoms with Crippen LogP contribution in [-0.2, 0) is 19.5 Å². The molecule has 2 aromatic rings. The number of nitrogens with zero attached hydrogens (tertiary/aromatic N) is 3. The van der Waals surface area contributed by atoms with E-state index in [1.807, 2.05) is 18.5 Å². The van der Waals surface area contributed by atoms with E-state index < -0.39 is 11.6 Å². The molecule has 4 nitrogen and oxygen atoms in total. The first-order valence-corrected chi connectivity index (χ1v) is 7.70. The second kappa shape index (κ2) is 6.12. The Morgan fingerprint density at radius 2 is 2.18 bits per heavy atom. The van der Waals surface area contributed by atoms with Gasteiger partial charge in [0.1, 0.15) is 11.6 Å². The number of fused-ring (bicyclic) bond motifs is 1. The Labute approximate surface area is 128 Å². The summed E-state index contributed by atoms with van der Waals surface area (Å²) in [5.74, 6) is -0.945. The number of nitrogens with one attached hydrogen (secondary N) is 1. The number of benzene rings is 1. The van der Waals surface area contributed by atoms with Gasteiger partial charge in [-0.1, -0.05) is 5.21 Å². The van der Waals surface area contributed by atoms with Crippen LogP contribution in [-0.4, -0.2) is 15.0 Å². The fourth-order valence-corrected chi connectivity index (χ4v) is 3.16.